The Balaban J connectivity index is 1.76. The number of anilines is 2. The first-order valence-corrected chi connectivity index (χ1v) is 8.52. The molecule has 0 fully saturated rings. The number of nitro benzene ring substituents is 1. The average Bonchev–Trinajstić information content (AvgIpc) is 3.15. The second-order valence-corrected chi connectivity index (χ2v) is 6.26. The number of carbonyl (C=O) groups is 1. The smallest absolute Gasteiger partial charge is 0.269 e. The summed E-state index contributed by atoms with van der Waals surface area (Å²) in [5.41, 5.74) is 2.43. The van der Waals surface area contributed by atoms with E-state index in [1.165, 1.54) is 18.5 Å². The lowest BCUT2D eigenvalue weighted by atomic mass is 9.95. The number of fused-ring (bicyclic) bond motifs is 1. The first kappa shape index (κ1) is 17.4. The van der Waals surface area contributed by atoms with Crippen molar-refractivity contribution in [1.29, 1.82) is 0 Å². The highest BCUT2D eigenvalue weighted by atomic mass is 16.6. The summed E-state index contributed by atoms with van der Waals surface area (Å²) in [4.78, 5) is 27.8. The van der Waals surface area contributed by atoms with Crippen LogP contribution in [0, 0.1) is 10.1 Å². The van der Waals surface area contributed by atoms with Crippen molar-refractivity contribution in [3.8, 4) is 0 Å². The fourth-order valence-corrected chi connectivity index (χ4v) is 3.19. The van der Waals surface area contributed by atoms with Crippen molar-refractivity contribution in [2.24, 2.45) is 0 Å². The van der Waals surface area contributed by atoms with Crippen LogP contribution in [0.2, 0.25) is 0 Å². The molecular formula is C19H16N6O3. The number of amides is 1. The Morgan fingerprint density at radius 2 is 1.89 bits per heavy atom. The van der Waals surface area contributed by atoms with Crippen LogP contribution in [-0.4, -0.2) is 25.6 Å². The summed E-state index contributed by atoms with van der Waals surface area (Å²) in [7, 11) is 0. The van der Waals surface area contributed by atoms with Gasteiger partial charge in [-0.3, -0.25) is 14.9 Å². The Morgan fingerprint density at radius 3 is 2.57 bits per heavy atom. The number of nitrogens with one attached hydrogen (secondary N) is 2. The monoisotopic (exact) mass is 376 g/mol. The van der Waals surface area contributed by atoms with Gasteiger partial charge in [-0.1, -0.05) is 18.2 Å². The van der Waals surface area contributed by atoms with E-state index in [2.05, 4.69) is 20.7 Å². The Bertz CT molecular complexity index is 1070. The highest BCUT2D eigenvalue weighted by Crippen LogP contribution is 2.35. The molecule has 1 atom stereocenters. The summed E-state index contributed by atoms with van der Waals surface area (Å²) < 4.78 is 1.59. The van der Waals surface area contributed by atoms with Gasteiger partial charge in [0.15, 0.2) is 0 Å². The lowest BCUT2D eigenvalue weighted by Gasteiger charge is -2.28. The molecule has 0 aliphatic carbocycles. The minimum absolute atomic E-state index is 0.0208. The topological polar surface area (TPSA) is 115 Å². The van der Waals surface area contributed by atoms with Crippen LogP contribution in [0.5, 0.6) is 0 Å². The summed E-state index contributed by atoms with van der Waals surface area (Å²) >= 11 is 0. The summed E-state index contributed by atoms with van der Waals surface area (Å²) in [6, 6.07) is 14.6. The Labute approximate surface area is 159 Å². The number of benzene rings is 2. The van der Waals surface area contributed by atoms with Gasteiger partial charge >= 0.3 is 0 Å². The summed E-state index contributed by atoms with van der Waals surface area (Å²) in [5.74, 6) is 0.206. The van der Waals surface area contributed by atoms with Gasteiger partial charge in [0.2, 0.25) is 5.95 Å². The van der Waals surface area contributed by atoms with Gasteiger partial charge < -0.3 is 10.6 Å². The molecule has 1 aliphatic rings. The predicted molar refractivity (Wildman–Crippen MR) is 103 cm³/mol. The van der Waals surface area contributed by atoms with Crippen LogP contribution >= 0.6 is 0 Å². The number of allylic oxidation sites excluding steroid dienone is 1. The molecule has 0 unspecified atom stereocenters. The van der Waals surface area contributed by atoms with E-state index in [1.54, 1.807) is 35.9 Å². The van der Waals surface area contributed by atoms with E-state index in [-0.39, 0.29) is 11.6 Å². The van der Waals surface area contributed by atoms with Crippen molar-refractivity contribution in [3.63, 3.8) is 0 Å². The zero-order valence-electron chi connectivity index (χ0n) is 14.9. The van der Waals surface area contributed by atoms with Crippen LogP contribution in [0.15, 0.2) is 72.2 Å². The van der Waals surface area contributed by atoms with Gasteiger partial charge in [0.1, 0.15) is 12.4 Å². The van der Waals surface area contributed by atoms with E-state index in [1.807, 2.05) is 18.2 Å². The van der Waals surface area contributed by atoms with E-state index in [0.29, 0.717) is 28.5 Å². The highest BCUT2D eigenvalue weighted by Gasteiger charge is 2.33. The van der Waals surface area contributed by atoms with Crippen molar-refractivity contribution in [3.05, 3.63) is 87.9 Å². The van der Waals surface area contributed by atoms with Gasteiger partial charge in [0, 0.05) is 23.5 Å². The number of rotatable bonds is 4. The molecular weight excluding hydrogens is 360 g/mol. The minimum atomic E-state index is -0.566. The lowest BCUT2D eigenvalue weighted by molar-refractivity contribution is -0.384. The number of aromatic nitrogens is 3. The van der Waals surface area contributed by atoms with Crippen molar-refractivity contribution < 1.29 is 9.72 Å². The number of hydrogen-bond donors (Lipinski definition) is 2. The van der Waals surface area contributed by atoms with Gasteiger partial charge in [-0.25, -0.2) is 4.68 Å². The van der Waals surface area contributed by atoms with Crippen LogP contribution in [0.25, 0.3) is 0 Å². The highest BCUT2D eigenvalue weighted by molar-refractivity contribution is 6.06. The van der Waals surface area contributed by atoms with Crippen LogP contribution in [0.3, 0.4) is 0 Å². The fourth-order valence-electron chi connectivity index (χ4n) is 3.19. The second-order valence-electron chi connectivity index (χ2n) is 6.26. The van der Waals surface area contributed by atoms with Crippen LogP contribution in [0.4, 0.5) is 17.3 Å². The number of nitrogens with zero attached hydrogens (tertiary/aromatic N) is 4. The molecule has 140 valence electrons. The van der Waals surface area contributed by atoms with Crippen molar-refractivity contribution in [1.82, 2.24) is 14.8 Å². The molecule has 1 aliphatic heterocycles. The number of carbonyl (C=O) groups excluding carboxylic acids is 1. The zero-order valence-corrected chi connectivity index (χ0v) is 14.9. The molecule has 9 nitrogen and oxygen atoms in total. The van der Waals surface area contributed by atoms with E-state index < -0.39 is 11.0 Å². The molecule has 3 aromatic rings. The first-order chi connectivity index (χ1) is 13.5. The molecule has 0 bridgehead atoms. The molecule has 2 aromatic carbocycles. The summed E-state index contributed by atoms with van der Waals surface area (Å²) in [6.45, 7) is 1.79. The molecule has 0 radical (unpaired) electrons. The molecule has 9 heteroatoms. The maximum Gasteiger partial charge on any atom is 0.269 e. The van der Waals surface area contributed by atoms with Gasteiger partial charge in [-0.05, 0) is 36.8 Å². The van der Waals surface area contributed by atoms with Crippen LogP contribution < -0.4 is 10.6 Å². The van der Waals surface area contributed by atoms with E-state index in [0.717, 1.165) is 0 Å². The molecule has 28 heavy (non-hydrogen) atoms. The molecule has 0 saturated carbocycles. The van der Waals surface area contributed by atoms with Crippen molar-refractivity contribution >= 4 is 23.2 Å². The van der Waals surface area contributed by atoms with Crippen LogP contribution in [0.1, 0.15) is 18.5 Å². The van der Waals surface area contributed by atoms with E-state index in [9.17, 15) is 14.9 Å². The maximum atomic E-state index is 13.1. The van der Waals surface area contributed by atoms with Crippen molar-refractivity contribution in [2.45, 2.75) is 13.0 Å². The van der Waals surface area contributed by atoms with Gasteiger partial charge in [-0.2, -0.15) is 10.1 Å². The number of para-hydroxylation sites is 1. The summed E-state index contributed by atoms with van der Waals surface area (Å²) in [6.07, 6.45) is 1.39. The molecule has 4 rings (SSSR count). The van der Waals surface area contributed by atoms with Crippen LogP contribution in [-0.2, 0) is 4.79 Å². The Kier molecular flexibility index (Phi) is 4.32. The molecule has 0 spiro atoms. The van der Waals surface area contributed by atoms with Gasteiger partial charge in [0.05, 0.1) is 10.5 Å². The normalized spacial score (nSPS) is 15.5. The number of non-ortho nitro benzene ring substituents is 1. The Hall–Kier alpha value is -4.01. The quantitative estimate of drug-likeness (QED) is 0.534. The summed E-state index contributed by atoms with van der Waals surface area (Å²) in [5, 5.41) is 21.2. The second kappa shape index (κ2) is 6.95. The predicted octanol–water partition coefficient (Wildman–Crippen LogP) is 3.11. The SMILES string of the molecule is CC1=C(C(=O)Nc2ccccc2)[C@@H](c2ccc([N+](=O)[O-])cc2)n2ncnc2N1. The molecule has 1 amide bonds. The van der Waals surface area contributed by atoms with E-state index in [4.69, 9.17) is 0 Å². The third-order valence-corrected chi connectivity index (χ3v) is 4.49. The third kappa shape index (κ3) is 3.09. The van der Waals surface area contributed by atoms with Gasteiger partial charge in [-0.15, -0.1) is 0 Å². The molecule has 0 saturated heterocycles. The minimum Gasteiger partial charge on any atom is -0.328 e. The molecule has 2 heterocycles. The van der Waals surface area contributed by atoms with Gasteiger partial charge in [0.25, 0.3) is 11.6 Å². The maximum absolute atomic E-state index is 13.1. The zero-order chi connectivity index (χ0) is 19.7. The number of nitro groups is 1. The number of hydrogen-bond acceptors (Lipinski definition) is 6. The standard InChI is InChI=1S/C19H16N6O3/c1-12-16(18(26)23-14-5-3-2-4-6-14)17(24-19(22-12)20-11-21-24)13-7-9-15(10-8-13)25(27)28/h2-11,17H,1H3,(H,23,26)(H,20,21,22)/t17-/m1/s1. The first-order valence-electron chi connectivity index (χ1n) is 8.52. The van der Waals surface area contributed by atoms with E-state index >= 15 is 0 Å². The average molecular weight is 376 g/mol. The molecule has 1 aromatic heterocycles. The fraction of sp³-hybridized carbons (Fsp3) is 0.105. The Morgan fingerprint density at radius 1 is 1.18 bits per heavy atom. The molecule has 2 N–H and O–H groups in total. The van der Waals surface area contributed by atoms with Crippen molar-refractivity contribution in [2.75, 3.05) is 10.6 Å². The third-order valence-electron chi connectivity index (χ3n) is 4.49. The lowest BCUT2D eigenvalue weighted by Crippen LogP contribution is -2.31. The largest absolute Gasteiger partial charge is 0.328 e.